The Hall–Kier alpha value is -1.16. The molecule has 0 spiro atoms. The minimum absolute atomic E-state index is 0.204. The Morgan fingerprint density at radius 2 is 2.21 bits per heavy atom. The smallest absolute Gasteiger partial charge is 0.259 e. The average molecular weight is 288 g/mol. The number of nitrogens with zero attached hydrogens (tertiary/aromatic N) is 1. The average Bonchev–Trinajstić information content (AvgIpc) is 2.43. The highest BCUT2D eigenvalue weighted by atomic mass is 35.5. The Labute approximate surface area is 116 Å². The van der Waals surface area contributed by atoms with Crippen molar-refractivity contribution in [3.05, 3.63) is 34.9 Å². The molecule has 1 heterocycles. The largest absolute Gasteiger partial charge is 0.338 e. The van der Waals surface area contributed by atoms with Crippen LogP contribution >= 0.6 is 11.6 Å². The Morgan fingerprint density at radius 3 is 2.89 bits per heavy atom. The lowest BCUT2D eigenvalue weighted by Crippen LogP contribution is -2.41. The highest BCUT2D eigenvalue weighted by Gasteiger charge is 2.28. The van der Waals surface area contributed by atoms with E-state index in [1.807, 2.05) is 0 Å². The van der Waals surface area contributed by atoms with Crippen LogP contribution in [-0.4, -0.2) is 29.8 Å². The van der Waals surface area contributed by atoms with Crippen molar-refractivity contribution in [2.45, 2.75) is 19.8 Å². The molecule has 1 aromatic rings. The van der Waals surface area contributed by atoms with Crippen molar-refractivity contribution in [3.8, 4) is 0 Å². The highest BCUT2D eigenvalue weighted by Crippen LogP contribution is 2.23. The fraction of sp³-hybridized carbons (Fsp3) is 0.500. The van der Waals surface area contributed by atoms with Gasteiger partial charge in [0.15, 0.2) is 0 Å². The molecule has 0 aliphatic carbocycles. The van der Waals surface area contributed by atoms with E-state index in [1.165, 1.54) is 17.9 Å². The van der Waals surface area contributed by atoms with Gasteiger partial charge in [-0.1, -0.05) is 6.07 Å². The number of carbonyl (C=O) groups is 1. The summed E-state index contributed by atoms with van der Waals surface area (Å²) in [6.07, 6.45) is 1.77. The number of alkyl halides is 1. The van der Waals surface area contributed by atoms with Crippen molar-refractivity contribution in [2.75, 3.05) is 19.0 Å². The van der Waals surface area contributed by atoms with Gasteiger partial charge in [-0.15, -0.1) is 11.6 Å². The first-order valence-corrected chi connectivity index (χ1v) is 6.88. The van der Waals surface area contributed by atoms with E-state index in [-0.39, 0.29) is 11.5 Å². The molecule has 5 heteroatoms. The summed E-state index contributed by atoms with van der Waals surface area (Å²) in [4.78, 5) is 13.8. The third kappa shape index (κ3) is 2.89. The summed E-state index contributed by atoms with van der Waals surface area (Å²) in [5.74, 6) is -1.48. The first-order chi connectivity index (χ1) is 9.04. The standard InChI is InChI=1S/C14H16ClF2NO/c1-9-4-5-11(16)12(13(9)17)14(19)18-6-2-3-10(7-15)8-18/h4-5,10H,2-3,6-8H2,1H3. The molecule has 1 fully saturated rings. The Balaban J connectivity index is 2.27. The lowest BCUT2D eigenvalue weighted by molar-refractivity contribution is 0.0674. The molecule has 0 N–H and O–H groups in total. The van der Waals surface area contributed by atoms with Crippen LogP contribution in [0.15, 0.2) is 12.1 Å². The number of halogens is 3. The van der Waals surface area contributed by atoms with E-state index in [1.54, 1.807) is 0 Å². The fourth-order valence-electron chi connectivity index (χ4n) is 2.39. The second-order valence-corrected chi connectivity index (χ2v) is 5.28. The van der Waals surface area contributed by atoms with Gasteiger partial charge in [-0.2, -0.15) is 0 Å². The molecule has 1 saturated heterocycles. The predicted molar refractivity (Wildman–Crippen MR) is 70.4 cm³/mol. The molecule has 0 aromatic heterocycles. The van der Waals surface area contributed by atoms with Crippen molar-refractivity contribution >= 4 is 17.5 Å². The zero-order valence-corrected chi connectivity index (χ0v) is 11.5. The number of amides is 1. The molecule has 1 amide bonds. The molecule has 2 rings (SSSR count). The molecule has 19 heavy (non-hydrogen) atoms. The van der Waals surface area contributed by atoms with Crippen LogP contribution in [0.5, 0.6) is 0 Å². The number of carbonyl (C=O) groups excluding carboxylic acids is 1. The molecular formula is C14H16ClF2NO. The zero-order valence-electron chi connectivity index (χ0n) is 10.8. The normalized spacial score (nSPS) is 19.6. The lowest BCUT2D eigenvalue weighted by atomic mass is 9.99. The van der Waals surface area contributed by atoms with Gasteiger partial charge >= 0.3 is 0 Å². The van der Waals surface area contributed by atoms with Gasteiger partial charge in [-0.25, -0.2) is 8.78 Å². The molecule has 1 unspecified atom stereocenters. The van der Waals surface area contributed by atoms with Gasteiger partial charge in [0.1, 0.15) is 17.2 Å². The van der Waals surface area contributed by atoms with E-state index in [0.717, 1.165) is 18.9 Å². The van der Waals surface area contributed by atoms with Crippen LogP contribution in [0.3, 0.4) is 0 Å². The number of benzene rings is 1. The maximum atomic E-state index is 13.9. The second kappa shape index (κ2) is 5.87. The fourth-order valence-corrected chi connectivity index (χ4v) is 2.64. The first-order valence-electron chi connectivity index (χ1n) is 6.34. The molecule has 0 radical (unpaired) electrons. The van der Waals surface area contributed by atoms with E-state index in [2.05, 4.69) is 0 Å². The van der Waals surface area contributed by atoms with Gasteiger partial charge in [0.25, 0.3) is 5.91 Å². The molecule has 1 atom stereocenters. The van der Waals surface area contributed by atoms with Crippen LogP contribution in [0.1, 0.15) is 28.8 Å². The number of rotatable bonds is 2. The van der Waals surface area contributed by atoms with Crippen molar-refractivity contribution in [2.24, 2.45) is 5.92 Å². The van der Waals surface area contributed by atoms with Crippen LogP contribution in [0.2, 0.25) is 0 Å². The van der Waals surface area contributed by atoms with E-state index in [9.17, 15) is 13.6 Å². The predicted octanol–water partition coefficient (Wildman–Crippen LogP) is 3.36. The zero-order chi connectivity index (χ0) is 14.0. The van der Waals surface area contributed by atoms with Crippen molar-refractivity contribution in [3.63, 3.8) is 0 Å². The van der Waals surface area contributed by atoms with Crippen LogP contribution < -0.4 is 0 Å². The van der Waals surface area contributed by atoms with Gasteiger partial charge in [0.05, 0.1) is 0 Å². The number of hydrogen-bond donors (Lipinski definition) is 0. The highest BCUT2D eigenvalue weighted by molar-refractivity contribution is 6.18. The minimum Gasteiger partial charge on any atom is -0.338 e. The van der Waals surface area contributed by atoms with Crippen molar-refractivity contribution in [1.82, 2.24) is 4.90 Å². The van der Waals surface area contributed by atoms with Crippen LogP contribution in [0.25, 0.3) is 0 Å². The molecule has 0 bridgehead atoms. The van der Waals surface area contributed by atoms with Crippen molar-refractivity contribution < 1.29 is 13.6 Å². The molecule has 1 aliphatic rings. The van der Waals surface area contributed by atoms with Crippen LogP contribution in [0, 0.1) is 24.5 Å². The lowest BCUT2D eigenvalue weighted by Gasteiger charge is -2.32. The Bertz CT molecular complexity index is 493. The summed E-state index contributed by atoms with van der Waals surface area (Å²) in [6, 6.07) is 2.47. The van der Waals surface area contributed by atoms with Gasteiger partial charge in [0.2, 0.25) is 0 Å². The summed E-state index contributed by atoms with van der Waals surface area (Å²) in [6.45, 7) is 2.51. The quantitative estimate of drug-likeness (QED) is 0.764. The van der Waals surface area contributed by atoms with Gasteiger partial charge in [-0.05, 0) is 37.3 Å². The van der Waals surface area contributed by atoms with E-state index in [4.69, 9.17) is 11.6 Å². The monoisotopic (exact) mass is 287 g/mol. The van der Waals surface area contributed by atoms with Crippen LogP contribution in [0.4, 0.5) is 8.78 Å². The van der Waals surface area contributed by atoms with Gasteiger partial charge < -0.3 is 4.90 Å². The summed E-state index contributed by atoms with van der Waals surface area (Å²) in [5, 5.41) is 0. The van der Waals surface area contributed by atoms with Crippen LogP contribution in [-0.2, 0) is 0 Å². The summed E-state index contributed by atoms with van der Waals surface area (Å²) >= 11 is 5.80. The van der Waals surface area contributed by atoms with E-state index >= 15 is 0 Å². The summed E-state index contributed by atoms with van der Waals surface area (Å²) < 4.78 is 27.6. The first kappa shape index (κ1) is 14.3. The Morgan fingerprint density at radius 1 is 1.47 bits per heavy atom. The number of hydrogen-bond acceptors (Lipinski definition) is 1. The van der Waals surface area contributed by atoms with E-state index < -0.39 is 23.1 Å². The SMILES string of the molecule is Cc1ccc(F)c(C(=O)N2CCCC(CCl)C2)c1F. The van der Waals surface area contributed by atoms with Gasteiger partial charge in [0, 0.05) is 19.0 Å². The van der Waals surface area contributed by atoms with Crippen molar-refractivity contribution in [1.29, 1.82) is 0 Å². The molecule has 1 aromatic carbocycles. The molecule has 2 nitrogen and oxygen atoms in total. The maximum absolute atomic E-state index is 13.9. The Kier molecular flexibility index (Phi) is 4.40. The maximum Gasteiger partial charge on any atom is 0.259 e. The third-order valence-corrected chi connectivity index (χ3v) is 3.96. The number of piperidine rings is 1. The summed E-state index contributed by atoms with van der Waals surface area (Å²) in [5.41, 5.74) is -0.175. The molecule has 104 valence electrons. The molecular weight excluding hydrogens is 272 g/mol. The number of aryl methyl sites for hydroxylation is 1. The van der Waals surface area contributed by atoms with E-state index in [0.29, 0.717) is 19.0 Å². The third-order valence-electron chi connectivity index (χ3n) is 3.52. The molecule has 1 aliphatic heterocycles. The topological polar surface area (TPSA) is 20.3 Å². The minimum atomic E-state index is -0.805. The van der Waals surface area contributed by atoms with Gasteiger partial charge in [-0.3, -0.25) is 4.79 Å². The summed E-state index contributed by atoms with van der Waals surface area (Å²) in [7, 11) is 0. The number of likely N-dealkylation sites (tertiary alicyclic amines) is 1. The molecule has 0 saturated carbocycles. The second-order valence-electron chi connectivity index (χ2n) is 4.97.